The fraction of sp³-hybridized carbons (Fsp3) is 0.692. The zero-order valence-electron chi connectivity index (χ0n) is 11.1. The lowest BCUT2D eigenvalue weighted by Crippen LogP contribution is -2.34. The highest BCUT2D eigenvalue weighted by atomic mass is 16.2. The van der Waals surface area contributed by atoms with Crippen LogP contribution in [0.2, 0.25) is 0 Å². The van der Waals surface area contributed by atoms with Gasteiger partial charge >= 0.3 is 0 Å². The highest BCUT2D eigenvalue weighted by Crippen LogP contribution is 2.17. The van der Waals surface area contributed by atoms with Crippen LogP contribution in [-0.2, 0) is 4.79 Å². The van der Waals surface area contributed by atoms with Crippen molar-refractivity contribution in [1.82, 2.24) is 15.5 Å². The molecule has 18 heavy (non-hydrogen) atoms. The summed E-state index contributed by atoms with van der Waals surface area (Å²) in [5.74, 6) is 0.973. The number of hydrogen-bond acceptors (Lipinski definition) is 3. The Morgan fingerprint density at radius 3 is 2.83 bits per heavy atom. The molecule has 0 spiro atoms. The summed E-state index contributed by atoms with van der Waals surface area (Å²) in [6.45, 7) is 4.54. The van der Waals surface area contributed by atoms with Gasteiger partial charge in [-0.05, 0) is 18.8 Å². The SMILES string of the molecule is CC(C)c1cc(NC(=O)CNC2CCCC2)n[nH]1. The molecular formula is C13H22N4O. The molecule has 0 unspecified atom stereocenters. The van der Waals surface area contributed by atoms with Crippen molar-refractivity contribution in [2.75, 3.05) is 11.9 Å². The molecule has 1 amide bonds. The molecule has 1 aromatic rings. The molecule has 0 radical (unpaired) electrons. The zero-order valence-corrected chi connectivity index (χ0v) is 11.1. The van der Waals surface area contributed by atoms with Crippen molar-refractivity contribution in [2.45, 2.75) is 51.5 Å². The number of hydrogen-bond donors (Lipinski definition) is 3. The summed E-state index contributed by atoms with van der Waals surface area (Å²) in [5, 5.41) is 13.1. The number of carbonyl (C=O) groups excluding carboxylic acids is 1. The Morgan fingerprint density at radius 1 is 1.50 bits per heavy atom. The summed E-state index contributed by atoms with van der Waals surface area (Å²) in [7, 11) is 0. The van der Waals surface area contributed by atoms with Crippen molar-refractivity contribution in [2.24, 2.45) is 0 Å². The Morgan fingerprint density at radius 2 is 2.22 bits per heavy atom. The Kier molecular flexibility index (Phi) is 4.36. The molecule has 0 bridgehead atoms. The van der Waals surface area contributed by atoms with Crippen LogP contribution < -0.4 is 10.6 Å². The molecule has 1 saturated carbocycles. The number of rotatable bonds is 5. The average molecular weight is 250 g/mol. The smallest absolute Gasteiger partial charge is 0.239 e. The number of nitrogens with zero attached hydrogens (tertiary/aromatic N) is 1. The third kappa shape index (κ3) is 3.57. The Bertz CT molecular complexity index is 393. The molecule has 1 aromatic heterocycles. The highest BCUT2D eigenvalue weighted by molar-refractivity contribution is 5.91. The Hall–Kier alpha value is -1.36. The Labute approximate surface area is 108 Å². The lowest BCUT2D eigenvalue weighted by atomic mass is 10.1. The second-order valence-electron chi connectivity index (χ2n) is 5.27. The third-order valence-corrected chi connectivity index (χ3v) is 3.39. The summed E-state index contributed by atoms with van der Waals surface area (Å²) in [6, 6.07) is 2.40. The van der Waals surface area contributed by atoms with E-state index in [1.54, 1.807) is 0 Å². The van der Waals surface area contributed by atoms with E-state index in [9.17, 15) is 4.79 Å². The monoisotopic (exact) mass is 250 g/mol. The van der Waals surface area contributed by atoms with Gasteiger partial charge in [-0.3, -0.25) is 9.89 Å². The lowest BCUT2D eigenvalue weighted by Gasteiger charge is -2.10. The topological polar surface area (TPSA) is 69.8 Å². The van der Waals surface area contributed by atoms with Crippen molar-refractivity contribution in [3.63, 3.8) is 0 Å². The van der Waals surface area contributed by atoms with Crippen LogP contribution in [-0.4, -0.2) is 28.7 Å². The first-order valence-electron chi connectivity index (χ1n) is 6.73. The lowest BCUT2D eigenvalue weighted by molar-refractivity contribution is -0.115. The first-order valence-corrected chi connectivity index (χ1v) is 6.73. The molecule has 1 heterocycles. The molecule has 0 aliphatic heterocycles. The molecule has 0 aromatic carbocycles. The van der Waals surface area contributed by atoms with Gasteiger partial charge in [0, 0.05) is 17.8 Å². The number of aromatic amines is 1. The maximum Gasteiger partial charge on any atom is 0.239 e. The normalized spacial score (nSPS) is 16.4. The van der Waals surface area contributed by atoms with Crippen LogP contribution in [0.5, 0.6) is 0 Å². The minimum absolute atomic E-state index is 0.0243. The maximum atomic E-state index is 11.7. The highest BCUT2D eigenvalue weighted by Gasteiger charge is 2.15. The predicted octanol–water partition coefficient (Wildman–Crippen LogP) is 2.00. The minimum Gasteiger partial charge on any atom is -0.308 e. The molecule has 1 fully saturated rings. The minimum atomic E-state index is -0.0243. The van der Waals surface area contributed by atoms with E-state index in [0.717, 1.165) is 5.69 Å². The van der Waals surface area contributed by atoms with E-state index in [-0.39, 0.29) is 5.91 Å². The summed E-state index contributed by atoms with van der Waals surface area (Å²) in [4.78, 5) is 11.7. The van der Waals surface area contributed by atoms with E-state index < -0.39 is 0 Å². The molecule has 5 heteroatoms. The molecule has 1 aliphatic carbocycles. The number of amides is 1. The van der Waals surface area contributed by atoms with Crippen molar-refractivity contribution < 1.29 is 4.79 Å². The largest absolute Gasteiger partial charge is 0.308 e. The molecule has 0 saturated heterocycles. The fourth-order valence-corrected chi connectivity index (χ4v) is 2.25. The Balaban J connectivity index is 1.75. The van der Waals surface area contributed by atoms with Crippen molar-refractivity contribution >= 4 is 11.7 Å². The van der Waals surface area contributed by atoms with Crippen LogP contribution in [0.25, 0.3) is 0 Å². The maximum absolute atomic E-state index is 11.7. The van der Waals surface area contributed by atoms with Gasteiger partial charge in [0.15, 0.2) is 5.82 Å². The second-order valence-corrected chi connectivity index (χ2v) is 5.27. The van der Waals surface area contributed by atoms with Gasteiger partial charge in [-0.1, -0.05) is 26.7 Å². The van der Waals surface area contributed by atoms with Gasteiger partial charge in [0.2, 0.25) is 5.91 Å². The van der Waals surface area contributed by atoms with E-state index in [1.165, 1.54) is 25.7 Å². The van der Waals surface area contributed by atoms with Crippen LogP contribution in [0.15, 0.2) is 6.07 Å². The molecule has 5 nitrogen and oxygen atoms in total. The van der Waals surface area contributed by atoms with Gasteiger partial charge in [-0.15, -0.1) is 0 Å². The first kappa shape index (κ1) is 13.1. The third-order valence-electron chi connectivity index (χ3n) is 3.39. The van der Waals surface area contributed by atoms with Crippen LogP contribution >= 0.6 is 0 Å². The molecule has 1 aliphatic rings. The molecular weight excluding hydrogens is 228 g/mol. The standard InChI is InChI=1S/C13H22N4O/c1-9(2)11-7-12(17-16-11)15-13(18)8-14-10-5-3-4-6-10/h7,9-10,14H,3-6,8H2,1-2H3,(H2,15,16,17,18). The zero-order chi connectivity index (χ0) is 13.0. The van der Waals surface area contributed by atoms with Gasteiger partial charge in [-0.25, -0.2) is 0 Å². The summed E-state index contributed by atoms with van der Waals surface area (Å²) in [5.41, 5.74) is 1.04. The average Bonchev–Trinajstić information content (AvgIpc) is 2.96. The molecule has 0 atom stereocenters. The van der Waals surface area contributed by atoms with E-state index in [4.69, 9.17) is 0 Å². The van der Waals surface area contributed by atoms with Gasteiger partial charge < -0.3 is 10.6 Å². The number of carbonyl (C=O) groups is 1. The van der Waals surface area contributed by atoms with Gasteiger partial charge in [0.25, 0.3) is 0 Å². The summed E-state index contributed by atoms with van der Waals surface area (Å²) < 4.78 is 0. The molecule has 100 valence electrons. The van der Waals surface area contributed by atoms with Crippen LogP contribution in [0.3, 0.4) is 0 Å². The van der Waals surface area contributed by atoms with Gasteiger partial charge in [0.1, 0.15) is 0 Å². The molecule has 3 N–H and O–H groups in total. The first-order chi connectivity index (χ1) is 8.65. The van der Waals surface area contributed by atoms with Crippen molar-refractivity contribution in [1.29, 1.82) is 0 Å². The fourth-order valence-electron chi connectivity index (χ4n) is 2.25. The number of anilines is 1. The quantitative estimate of drug-likeness (QED) is 0.748. The number of aromatic nitrogens is 2. The predicted molar refractivity (Wildman–Crippen MR) is 71.6 cm³/mol. The van der Waals surface area contributed by atoms with Crippen LogP contribution in [0.1, 0.15) is 51.1 Å². The van der Waals surface area contributed by atoms with Crippen LogP contribution in [0, 0.1) is 0 Å². The van der Waals surface area contributed by atoms with Crippen molar-refractivity contribution in [3.8, 4) is 0 Å². The van der Waals surface area contributed by atoms with Gasteiger partial charge in [0.05, 0.1) is 6.54 Å². The number of nitrogens with one attached hydrogen (secondary N) is 3. The van der Waals surface area contributed by atoms with E-state index in [1.807, 2.05) is 6.07 Å². The van der Waals surface area contributed by atoms with E-state index in [0.29, 0.717) is 24.3 Å². The van der Waals surface area contributed by atoms with E-state index in [2.05, 4.69) is 34.7 Å². The van der Waals surface area contributed by atoms with Crippen molar-refractivity contribution in [3.05, 3.63) is 11.8 Å². The summed E-state index contributed by atoms with van der Waals surface area (Å²) in [6.07, 6.45) is 4.92. The molecule has 2 rings (SSSR count). The summed E-state index contributed by atoms with van der Waals surface area (Å²) >= 11 is 0. The van der Waals surface area contributed by atoms with Gasteiger partial charge in [-0.2, -0.15) is 5.10 Å². The number of H-pyrrole nitrogens is 1. The second kappa shape index (κ2) is 6.00. The van der Waals surface area contributed by atoms with Crippen LogP contribution in [0.4, 0.5) is 5.82 Å². The van der Waals surface area contributed by atoms with E-state index >= 15 is 0 Å².